The van der Waals surface area contributed by atoms with Crippen LogP contribution in [0.3, 0.4) is 0 Å². The number of rotatable bonds is 6. The molecule has 7 heteroatoms. The second-order valence-electron chi connectivity index (χ2n) is 4.13. The number of aromatic carboxylic acids is 1. The SMILES string of the molecule is CCCCNC(=O)C(C)n1nc(C(=O)O)ccc1=O. The Balaban J connectivity index is 2.89. The Morgan fingerprint density at radius 1 is 1.47 bits per heavy atom. The van der Waals surface area contributed by atoms with Gasteiger partial charge in [0.05, 0.1) is 0 Å². The highest BCUT2D eigenvalue weighted by Crippen LogP contribution is 2.01. The normalized spacial score (nSPS) is 11.9. The van der Waals surface area contributed by atoms with Gasteiger partial charge in [-0.3, -0.25) is 9.59 Å². The maximum Gasteiger partial charge on any atom is 0.356 e. The van der Waals surface area contributed by atoms with Crippen molar-refractivity contribution in [2.75, 3.05) is 6.54 Å². The largest absolute Gasteiger partial charge is 0.476 e. The van der Waals surface area contributed by atoms with Crippen LogP contribution in [0.25, 0.3) is 0 Å². The molecule has 0 bridgehead atoms. The van der Waals surface area contributed by atoms with Crippen LogP contribution >= 0.6 is 0 Å². The van der Waals surface area contributed by atoms with E-state index < -0.39 is 17.6 Å². The predicted molar refractivity (Wildman–Crippen MR) is 68.1 cm³/mol. The van der Waals surface area contributed by atoms with Gasteiger partial charge in [-0.2, -0.15) is 5.10 Å². The average Bonchev–Trinajstić information content (AvgIpc) is 2.38. The summed E-state index contributed by atoms with van der Waals surface area (Å²) in [6.07, 6.45) is 1.79. The molecule has 0 fully saturated rings. The Morgan fingerprint density at radius 3 is 2.74 bits per heavy atom. The lowest BCUT2D eigenvalue weighted by molar-refractivity contribution is -0.124. The number of unbranched alkanes of at least 4 members (excludes halogenated alkanes) is 1. The Morgan fingerprint density at radius 2 is 2.16 bits per heavy atom. The predicted octanol–water partition coefficient (Wildman–Crippen LogP) is 0.419. The summed E-state index contributed by atoms with van der Waals surface area (Å²) >= 11 is 0. The summed E-state index contributed by atoms with van der Waals surface area (Å²) < 4.78 is 0.880. The second kappa shape index (κ2) is 6.67. The van der Waals surface area contributed by atoms with Crippen molar-refractivity contribution in [3.63, 3.8) is 0 Å². The van der Waals surface area contributed by atoms with Gasteiger partial charge in [-0.25, -0.2) is 9.48 Å². The Labute approximate surface area is 110 Å². The van der Waals surface area contributed by atoms with Crippen LogP contribution < -0.4 is 10.9 Å². The number of carbonyl (C=O) groups is 2. The Kier molecular flexibility index (Phi) is 5.23. The first-order chi connectivity index (χ1) is 8.97. The number of carboxylic acid groups (broad SMARTS) is 1. The topological polar surface area (TPSA) is 101 Å². The molecule has 0 aliphatic carbocycles. The molecule has 0 aliphatic heterocycles. The molecule has 0 radical (unpaired) electrons. The van der Waals surface area contributed by atoms with Crippen molar-refractivity contribution in [2.45, 2.75) is 32.7 Å². The van der Waals surface area contributed by atoms with Gasteiger partial charge in [-0.15, -0.1) is 0 Å². The molecule has 1 heterocycles. The molecule has 1 amide bonds. The summed E-state index contributed by atoms with van der Waals surface area (Å²) in [5.74, 6) is -1.60. The molecule has 0 spiro atoms. The highest BCUT2D eigenvalue weighted by Gasteiger charge is 2.18. The number of carbonyl (C=O) groups excluding carboxylic acids is 1. The van der Waals surface area contributed by atoms with E-state index in [0.29, 0.717) is 6.54 Å². The summed E-state index contributed by atoms with van der Waals surface area (Å²) in [6, 6.07) is 1.36. The quantitative estimate of drug-likeness (QED) is 0.727. The molecule has 0 aromatic carbocycles. The van der Waals surface area contributed by atoms with Crippen molar-refractivity contribution in [1.82, 2.24) is 15.1 Å². The first-order valence-electron chi connectivity index (χ1n) is 6.08. The van der Waals surface area contributed by atoms with Crippen LogP contribution in [0, 0.1) is 0 Å². The number of hydrogen-bond acceptors (Lipinski definition) is 4. The Bertz CT molecular complexity index is 524. The highest BCUT2D eigenvalue weighted by atomic mass is 16.4. The fourth-order valence-corrected chi connectivity index (χ4v) is 1.46. The molecule has 0 saturated carbocycles. The number of amides is 1. The summed E-state index contributed by atoms with van der Waals surface area (Å²) in [5, 5.41) is 15.2. The van der Waals surface area contributed by atoms with Crippen LogP contribution in [0.5, 0.6) is 0 Å². The number of nitrogens with one attached hydrogen (secondary N) is 1. The molecule has 1 aromatic rings. The lowest BCUT2D eigenvalue weighted by Gasteiger charge is -2.13. The minimum atomic E-state index is -1.24. The van der Waals surface area contributed by atoms with Crippen molar-refractivity contribution in [3.8, 4) is 0 Å². The van der Waals surface area contributed by atoms with Crippen LogP contribution in [0.15, 0.2) is 16.9 Å². The number of hydrogen-bond donors (Lipinski definition) is 2. The Hall–Kier alpha value is -2.18. The monoisotopic (exact) mass is 267 g/mol. The molecule has 1 aromatic heterocycles. The van der Waals surface area contributed by atoms with Gasteiger partial charge in [0.15, 0.2) is 5.69 Å². The van der Waals surface area contributed by atoms with Crippen molar-refractivity contribution >= 4 is 11.9 Å². The lowest BCUT2D eigenvalue weighted by atomic mass is 10.3. The zero-order valence-electron chi connectivity index (χ0n) is 10.9. The summed E-state index contributed by atoms with van der Waals surface area (Å²) in [5.41, 5.74) is -0.782. The van der Waals surface area contributed by atoms with Gasteiger partial charge in [0.2, 0.25) is 5.91 Å². The van der Waals surface area contributed by atoms with Crippen LogP contribution in [0.1, 0.15) is 43.2 Å². The summed E-state index contributed by atoms with van der Waals surface area (Å²) in [6.45, 7) is 4.02. The van der Waals surface area contributed by atoms with Gasteiger partial charge < -0.3 is 10.4 Å². The minimum Gasteiger partial charge on any atom is -0.476 e. The van der Waals surface area contributed by atoms with E-state index in [1.54, 1.807) is 0 Å². The molecule has 104 valence electrons. The molecule has 19 heavy (non-hydrogen) atoms. The standard InChI is InChI=1S/C12H17N3O4/c1-3-4-7-13-11(17)8(2)15-10(16)6-5-9(14-15)12(18)19/h5-6,8H,3-4,7H2,1-2H3,(H,13,17)(H,18,19). The molecule has 1 unspecified atom stereocenters. The fraction of sp³-hybridized carbons (Fsp3) is 0.500. The van der Waals surface area contributed by atoms with E-state index in [0.717, 1.165) is 29.7 Å². The van der Waals surface area contributed by atoms with E-state index in [9.17, 15) is 14.4 Å². The number of nitrogens with zero attached hydrogens (tertiary/aromatic N) is 2. The molecule has 0 saturated heterocycles. The maximum atomic E-state index is 11.8. The zero-order chi connectivity index (χ0) is 14.4. The van der Waals surface area contributed by atoms with E-state index in [-0.39, 0.29) is 11.6 Å². The van der Waals surface area contributed by atoms with Crippen LogP contribution in [0.2, 0.25) is 0 Å². The number of aromatic nitrogens is 2. The summed E-state index contributed by atoms with van der Waals surface area (Å²) in [7, 11) is 0. The zero-order valence-corrected chi connectivity index (χ0v) is 10.9. The van der Waals surface area contributed by atoms with Crippen molar-refractivity contribution in [3.05, 3.63) is 28.2 Å². The van der Waals surface area contributed by atoms with Gasteiger partial charge in [-0.05, 0) is 19.4 Å². The maximum absolute atomic E-state index is 11.8. The van der Waals surface area contributed by atoms with Gasteiger partial charge in [0.25, 0.3) is 5.56 Å². The van der Waals surface area contributed by atoms with E-state index in [1.165, 1.54) is 6.92 Å². The van der Waals surface area contributed by atoms with Crippen molar-refractivity contribution in [2.24, 2.45) is 0 Å². The average molecular weight is 267 g/mol. The lowest BCUT2D eigenvalue weighted by Crippen LogP contribution is -2.37. The molecular weight excluding hydrogens is 250 g/mol. The molecule has 1 rings (SSSR count). The van der Waals surface area contributed by atoms with E-state index in [1.807, 2.05) is 6.92 Å². The molecule has 7 nitrogen and oxygen atoms in total. The number of carboxylic acids is 1. The minimum absolute atomic E-state index is 0.271. The molecule has 1 atom stereocenters. The third kappa shape index (κ3) is 3.90. The molecule has 0 aliphatic rings. The molecular formula is C12H17N3O4. The third-order valence-corrected chi connectivity index (χ3v) is 2.62. The first kappa shape index (κ1) is 14.9. The second-order valence-corrected chi connectivity index (χ2v) is 4.13. The van der Waals surface area contributed by atoms with E-state index in [2.05, 4.69) is 10.4 Å². The van der Waals surface area contributed by atoms with Crippen molar-refractivity contribution < 1.29 is 14.7 Å². The fourth-order valence-electron chi connectivity index (χ4n) is 1.46. The van der Waals surface area contributed by atoms with Gasteiger partial charge in [0, 0.05) is 12.6 Å². The highest BCUT2D eigenvalue weighted by molar-refractivity contribution is 5.85. The first-order valence-corrected chi connectivity index (χ1v) is 6.08. The summed E-state index contributed by atoms with van der Waals surface area (Å²) in [4.78, 5) is 34.2. The van der Waals surface area contributed by atoms with Crippen LogP contribution in [0.4, 0.5) is 0 Å². The van der Waals surface area contributed by atoms with Gasteiger partial charge in [0.1, 0.15) is 6.04 Å². The van der Waals surface area contributed by atoms with E-state index >= 15 is 0 Å². The smallest absolute Gasteiger partial charge is 0.356 e. The van der Waals surface area contributed by atoms with Crippen molar-refractivity contribution in [1.29, 1.82) is 0 Å². The van der Waals surface area contributed by atoms with E-state index in [4.69, 9.17) is 5.11 Å². The van der Waals surface area contributed by atoms with Gasteiger partial charge in [-0.1, -0.05) is 13.3 Å². The third-order valence-electron chi connectivity index (χ3n) is 2.62. The van der Waals surface area contributed by atoms with Crippen LogP contribution in [-0.2, 0) is 4.79 Å². The van der Waals surface area contributed by atoms with Gasteiger partial charge >= 0.3 is 5.97 Å². The van der Waals surface area contributed by atoms with Crippen LogP contribution in [-0.4, -0.2) is 33.3 Å². The molecule has 2 N–H and O–H groups in total.